The van der Waals surface area contributed by atoms with Crippen molar-refractivity contribution < 1.29 is 9.59 Å². The van der Waals surface area contributed by atoms with Gasteiger partial charge in [0.05, 0.1) is 0 Å². The molecule has 0 aliphatic carbocycles. The van der Waals surface area contributed by atoms with Crippen LogP contribution in [0.3, 0.4) is 0 Å². The molecule has 0 radical (unpaired) electrons. The maximum absolute atomic E-state index is 13.0. The minimum Gasteiger partial charge on any atom is -0.354 e. The number of carbonyl (C=O) groups excluding carboxylic acids is 2. The number of likely N-dealkylation sites (tertiary alicyclic amines) is 2. The zero-order chi connectivity index (χ0) is 21.8. The smallest absolute Gasteiger partial charge is 0.254 e. The van der Waals surface area contributed by atoms with Gasteiger partial charge in [0.2, 0.25) is 5.91 Å². The molecule has 0 bridgehead atoms. The van der Waals surface area contributed by atoms with Crippen LogP contribution in [0.4, 0.5) is 0 Å². The Balaban J connectivity index is 1.27. The zero-order valence-electron chi connectivity index (χ0n) is 17.4. The molecule has 5 nitrogen and oxygen atoms in total. The fourth-order valence-corrected chi connectivity index (χ4v) is 5.73. The maximum Gasteiger partial charge on any atom is 0.254 e. The van der Waals surface area contributed by atoms with E-state index in [4.69, 9.17) is 23.2 Å². The lowest BCUT2D eigenvalue weighted by Crippen LogP contribution is -2.47. The molecule has 2 aromatic rings. The first kappa shape index (κ1) is 22.6. The van der Waals surface area contributed by atoms with Gasteiger partial charge in [-0.05, 0) is 74.3 Å². The van der Waals surface area contributed by atoms with Gasteiger partial charge in [0.15, 0.2) is 0 Å². The summed E-state index contributed by atoms with van der Waals surface area (Å²) in [6, 6.07) is 8.66. The molecule has 2 fully saturated rings. The molecular weight excluding hydrogens is 453 g/mol. The molecule has 1 aromatic carbocycles. The van der Waals surface area contributed by atoms with Crippen LogP contribution in [-0.4, -0.2) is 53.8 Å². The summed E-state index contributed by atoms with van der Waals surface area (Å²) in [5, 5.41) is 6.07. The van der Waals surface area contributed by atoms with Gasteiger partial charge < -0.3 is 10.2 Å². The van der Waals surface area contributed by atoms with E-state index in [-0.39, 0.29) is 11.8 Å². The van der Waals surface area contributed by atoms with Crippen LogP contribution >= 0.6 is 34.5 Å². The number of piperidine rings is 1. The van der Waals surface area contributed by atoms with E-state index in [2.05, 4.69) is 27.7 Å². The van der Waals surface area contributed by atoms with Crippen molar-refractivity contribution >= 4 is 46.4 Å². The molecule has 0 saturated carbocycles. The van der Waals surface area contributed by atoms with Gasteiger partial charge >= 0.3 is 0 Å². The second-order valence-corrected chi connectivity index (χ2v) is 10.3. The topological polar surface area (TPSA) is 52.7 Å². The van der Waals surface area contributed by atoms with E-state index in [1.54, 1.807) is 34.4 Å². The number of hydrogen-bond donors (Lipinski definition) is 1. The van der Waals surface area contributed by atoms with Gasteiger partial charge in [0.25, 0.3) is 5.91 Å². The van der Waals surface area contributed by atoms with Gasteiger partial charge in [-0.2, -0.15) is 0 Å². The van der Waals surface area contributed by atoms with Gasteiger partial charge in [-0.15, -0.1) is 11.3 Å². The van der Waals surface area contributed by atoms with E-state index in [0.29, 0.717) is 41.0 Å². The number of halogens is 2. The molecule has 2 amide bonds. The monoisotopic (exact) mass is 479 g/mol. The van der Waals surface area contributed by atoms with Crippen molar-refractivity contribution in [1.82, 2.24) is 15.1 Å². The van der Waals surface area contributed by atoms with Gasteiger partial charge in [-0.1, -0.05) is 29.3 Å². The average Bonchev–Trinajstić information content (AvgIpc) is 3.44. The number of nitrogens with zero attached hydrogens (tertiary/aromatic N) is 2. The quantitative estimate of drug-likeness (QED) is 0.653. The Labute approximate surface area is 197 Å². The van der Waals surface area contributed by atoms with Gasteiger partial charge in [-0.25, -0.2) is 0 Å². The number of carbonyl (C=O) groups is 2. The normalized spacial score (nSPS) is 20.2. The maximum atomic E-state index is 13.0. The molecule has 1 unspecified atom stereocenters. The molecule has 3 heterocycles. The first-order chi connectivity index (χ1) is 15.0. The van der Waals surface area contributed by atoms with Crippen LogP contribution in [0, 0.1) is 5.92 Å². The lowest BCUT2D eigenvalue weighted by atomic mass is 9.96. The van der Waals surface area contributed by atoms with Crippen molar-refractivity contribution in [2.45, 2.75) is 38.3 Å². The lowest BCUT2D eigenvalue weighted by molar-refractivity contribution is -0.125. The SMILES string of the molecule is O=C(NCC1CCN(Cc2cccs2)CC1)C1CCCN1C(=O)c1cc(Cl)cc(Cl)c1. The van der Waals surface area contributed by atoms with Crippen molar-refractivity contribution in [3.8, 4) is 0 Å². The van der Waals surface area contributed by atoms with E-state index in [1.165, 1.54) is 4.88 Å². The Morgan fingerprint density at radius 1 is 1.06 bits per heavy atom. The molecule has 1 atom stereocenters. The van der Waals surface area contributed by atoms with Crippen LogP contribution in [0.5, 0.6) is 0 Å². The predicted molar refractivity (Wildman–Crippen MR) is 126 cm³/mol. The molecule has 31 heavy (non-hydrogen) atoms. The summed E-state index contributed by atoms with van der Waals surface area (Å²) in [5.74, 6) is 0.241. The second kappa shape index (κ2) is 10.3. The second-order valence-electron chi connectivity index (χ2n) is 8.36. The minimum absolute atomic E-state index is 0.0556. The largest absolute Gasteiger partial charge is 0.354 e. The predicted octanol–water partition coefficient (Wildman–Crippen LogP) is 4.69. The van der Waals surface area contributed by atoms with E-state index in [9.17, 15) is 9.59 Å². The van der Waals surface area contributed by atoms with Crippen molar-refractivity contribution in [1.29, 1.82) is 0 Å². The Hall–Kier alpha value is -1.60. The van der Waals surface area contributed by atoms with Crippen LogP contribution in [0.1, 0.15) is 40.9 Å². The fourth-order valence-electron chi connectivity index (χ4n) is 4.46. The number of rotatable bonds is 6. The summed E-state index contributed by atoms with van der Waals surface area (Å²) >= 11 is 13.9. The van der Waals surface area contributed by atoms with Crippen molar-refractivity contribution in [2.24, 2.45) is 5.92 Å². The van der Waals surface area contributed by atoms with Crippen LogP contribution in [0.2, 0.25) is 10.0 Å². The molecule has 4 rings (SSSR count). The molecule has 2 saturated heterocycles. The number of nitrogens with one attached hydrogen (secondary N) is 1. The lowest BCUT2D eigenvalue weighted by Gasteiger charge is -2.32. The summed E-state index contributed by atoms with van der Waals surface area (Å²) in [7, 11) is 0. The van der Waals surface area contributed by atoms with E-state index < -0.39 is 6.04 Å². The number of amides is 2. The van der Waals surface area contributed by atoms with Crippen LogP contribution < -0.4 is 5.32 Å². The first-order valence-corrected chi connectivity index (χ1v) is 12.4. The van der Waals surface area contributed by atoms with Gasteiger partial charge in [0.1, 0.15) is 6.04 Å². The summed E-state index contributed by atoms with van der Waals surface area (Å²) in [6.07, 6.45) is 3.67. The molecule has 2 aliphatic heterocycles. The Morgan fingerprint density at radius 2 is 1.81 bits per heavy atom. The zero-order valence-corrected chi connectivity index (χ0v) is 19.7. The molecule has 2 aliphatic rings. The van der Waals surface area contributed by atoms with Crippen LogP contribution in [-0.2, 0) is 11.3 Å². The van der Waals surface area contributed by atoms with E-state index in [0.717, 1.165) is 38.9 Å². The molecular formula is C23H27Cl2N3O2S. The third-order valence-electron chi connectivity index (χ3n) is 6.16. The molecule has 166 valence electrons. The molecule has 1 aromatic heterocycles. The number of benzene rings is 1. The van der Waals surface area contributed by atoms with Crippen LogP contribution in [0.15, 0.2) is 35.7 Å². The summed E-state index contributed by atoms with van der Waals surface area (Å²) in [4.78, 5) is 31.4. The van der Waals surface area contributed by atoms with Gasteiger partial charge in [-0.3, -0.25) is 14.5 Å². The average molecular weight is 480 g/mol. The van der Waals surface area contributed by atoms with E-state index >= 15 is 0 Å². The number of hydrogen-bond acceptors (Lipinski definition) is 4. The third kappa shape index (κ3) is 5.80. The van der Waals surface area contributed by atoms with Gasteiger partial charge in [0, 0.05) is 40.1 Å². The number of thiophene rings is 1. The highest BCUT2D eigenvalue weighted by atomic mass is 35.5. The Kier molecular flexibility index (Phi) is 7.54. The fraction of sp³-hybridized carbons (Fsp3) is 0.478. The van der Waals surface area contributed by atoms with Crippen molar-refractivity contribution in [2.75, 3.05) is 26.2 Å². The van der Waals surface area contributed by atoms with E-state index in [1.807, 2.05) is 0 Å². The minimum atomic E-state index is -0.427. The summed E-state index contributed by atoms with van der Waals surface area (Å²) in [5.41, 5.74) is 0.426. The molecule has 0 spiro atoms. The Morgan fingerprint density at radius 3 is 2.48 bits per heavy atom. The highest BCUT2D eigenvalue weighted by molar-refractivity contribution is 7.09. The molecule has 1 N–H and O–H groups in total. The molecule has 8 heteroatoms. The summed E-state index contributed by atoms with van der Waals surface area (Å²) in [6.45, 7) is 4.38. The standard InChI is InChI=1S/C23H27Cl2N3O2S/c24-18-11-17(12-19(25)13-18)23(30)28-7-1-4-21(28)22(29)26-14-16-5-8-27(9-6-16)15-20-3-2-10-31-20/h2-3,10-13,16,21H,1,4-9,14-15H2,(H,26,29). The van der Waals surface area contributed by atoms with Crippen molar-refractivity contribution in [3.63, 3.8) is 0 Å². The highest BCUT2D eigenvalue weighted by Crippen LogP contribution is 2.25. The third-order valence-corrected chi connectivity index (χ3v) is 7.46. The van der Waals surface area contributed by atoms with Crippen molar-refractivity contribution in [3.05, 3.63) is 56.2 Å². The first-order valence-electron chi connectivity index (χ1n) is 10.8. The summed E-state index contributed by atoms with van der Waals surface area (Å²) < 4.78 is 0. The highest BCUT2D eigenvalue weighted by Gasteiger charge is 2.35. The van der Waals surface area contributed by atoms with Crippen LogP contribution in [0.25, 0.3) is 0 Å². The Bertz CT molecular complexity index is 893.